The molecule has 6 N–H and O–H groups in total. The summed E-state index contributed by atoms with van der Waals surface area (Å²) in [5.41, 5.74) is -0.183. The largest absolute Gasteiger partial charge is 0.479 e. The number of nitrogens with one attached hydrogen (secondary N) is 2. The number of imide groups is 1. The molecular weight excluding hydrogens is 598 g/mol. The Morgan fingerprint density at radius 3 is 2.29 bits per heavy atom. The van der Waals surface area contributed by atoms with E-state index in [9.17, 15) is 49.2 Å². The van der Waals surface area contributed by atoms with Crippen LogP contribution in [0.25, 0.3) is 6.08 Å². The second-order valence-corrected chi connectivity index (χ2v) is 11.1. The van der Waals surface area contributed by atoms with E-state index in [-0.39, 0.29) is 31.0 Å². The average molecular weight is 634 g/mol. The van der Waals surface area contributed by atoms with Crippen molar-refractivity contribution in [3.05, 3.63) is 42.0 Å². The molecule has 1 fully saturated rings. The minimum absolute atomic E-state index is 0.0165. The van der Waals surface area contributed by atoms with E-state index in [2.05, 4.69) is 10.6 Å². The molecule has 2 aliphatic heterocycles. The van der Waals surface area contributed by atoms with Crippen LogP contribution in [0.5, 0.6) is 5.75 Å². The molecule has 244 valence electrons. The van der Waals surface area contributed by atoms with E-state index in [0.29, 0.717) is 5.56 Å². The van der Waals surface area contributed by atoms with Crippen molar-refractivity contribution in [3.8, 4) is 5.75 Å². The number of aliphatic hydroxyl groups is 3. The topological polar surface area (TPSA) is 238 Å². The van der Waals surface area contributed by atoms with Crippen molar-refractivity contribution in [3.63, 3.8) is 0 Å². The van der Waals surface area contributed by atoms with Crippen molar-refractivity contribution >= 4 is 47.3 Å². The van der Waals surface area contributed by atoms with Gasteiger partial charge in [-0.3, -0.25) is 28.9 Å². The molecule has 2 aliphatic rings. The summed E-state index contributed by atoms with van der Waals surface area (Å²) < 4.78 is 16.0. The molecular formula is C29H35N3O13. The van der Waals surface area contributed by atoms with Gasteiger partial charge in [0.05, 0.1) is 11.1 Å². The maximum Gasteiger partial charge on any atom is 0.335 e. The Bertz CT molecular complexity index is 1370. The lowest BCUT2D eigenvalue weighted by atomic mass is 9.97. The van der Waals surface area contributed by atoms with Crippen LogP contribution in [-0.2, 0) is 38.2 Å². The Kier molecular flexibility index (Phi) is 11.5. The number of carbonyl (C=O) groups is 6. The Morgan fingerprint density at radius 2 is 1.67 bits per heavy atom. The summed E-state index contributed by atoms with van der Waals surface area (Å²) >= 11 is 0. The van der Waals surface area contributed by atoms with Crippen molar-refractivity contribution in [2.75, 3.05) is 25.0 Å². The molecule has 1 aromatic rings. The third-order valence-electron chi connectivity index (χ3n) is 6.44. The lowest BCUT2D eigenvalue weighted by Gasteiger charge is -2.38. The summed E-state index contributed by atoms with van der Waals surface area (Å²) in [6.07, 6.45) is -4.47. The number of aliphatic carboxylic acids is 1. The first-order chi connectivity index (χ1) is 21.1. The van der Waals surface area contributed by atoms with Crippen LogP contribution in [0.4, 0.5) is 5.69 Å². The first-order valence-corrected chi connectivity index (χ1v) is 13.8. The van der Waals surface area contributed by atoms with Gasteiger partial charge in [-0.05, 0) is 44.5 Å². The third-order valence-corrected chi connectivity index (χ3v) is 6.44. The number of rotatable bonds is 12. The maximum atomic E-state index is 12.8. The number of anilines is 1. The molecule has 0 saturated carbocycles. The lowest BCUT2D eigenvalue weighted by molar-refractivity contribution is -0.271. The Morgan fingerprint density at radius 1 is 1.00 bits per heavy atom. The molecule has 2 heterocycles. The van der Waals surface area contributed by atoms with Gasteiger partial charge in [0, 0.05) is 25.1 Å². The fourth-order valence-electron chi connectivity index (χ4n) is 3.97. The minimum Gasteiger partial charge on any atom is -0.479 e. The first-order valence-electron chi connectivity index (χ1n) is 13.8. The zero-order valence-corrected chi connectivity index (χ0v) is 24.7. The van der Waals surface area contributed by atoms with Crippen molar-refractivity contribution in [2.24, 2.45) is 5.41 Å². The van der Waals surface area contributed by atoms with Gasteiger partial charge in [-0.25, -0.2) is 4.79 Å². The van der Waals surface area contributed by atoms with Crippen molar-refractivity contribution in [1.82, 2.24) is 10.2 Å². The molecule has 1 saturated heterocycles. The van der Waals surface area contributed by atoms with Gasteiger partial charge >= 0.3 is 11.9 Å². The molecule has 0 aromatic heterocycles. The molecule has 0 unspecified atom stereocenters. The number of esters is 1. The monoisotopic (exact) mass is 633 g/mol. The van der Waals surface area contributed by atoms with Crippen LogP contribution in [0.1, 0.15) is 32.8 Å². The van der Waals surface area contributed by atoms with Crippen LogP contribution >= 0.6 is 0 Å². The Balaban J connectivity index is 1.71. The number of nitrogens with zero attached hydrogens (tertiary/aromatic N) is 1. The highest BCUT2D eigenvalue weighted by atomic mass is 16.7. The van der Waals surface area contributed by atoms with Crippen LogP contribution in [-0.4, -0.2) is 111 Å². The lowest BCUT2D eigenvalue weighted by Crippen LogP contribution is -2.61. The van der Waals surface area contributed by atoms with Crippen LogP contribution < -0.4 is 15.4 Å². The number of carboxylic acids is 1. The summed E-state index contributed by atoms with van der Waals surface area (Å²) in [6.45, 7) is 4.38. The van der Waals surface area contributed by atoms with Crippen LogP contribution in [0.3, 0.4) is 0 Å². The standard InChI is InChI=1S/C29H35N3O13/c1-29(2,3)28(42)43-12-4-5-15-6-7-17(44-27-24(39)22(37)23(38)25(45-27)26(40)41)16(13-15)31-18(33)10-11-30-19(34)14-32-20(35)8-9-21(32)36/h4-9,13,22-25,27,37-39H,10-12,14H2,1-3H3,(H,30,34)(H,31,33)(H,40,41)/b5-4+/t22-,23+,24-,25-,27+/m0/s1. The number of hydrogen-bond acceptors (Lipinski definition) is 12. The fourth-order valence-corrected chi connectivity index (χ4v) is 3.97. The zero-order chi connectivity index (χ0) is 33.5. The van der Waals surface area contributed by atoms with Gasteiger partial charge in [-0.15, -0.1) is 0 Å². The fraction of sp³-hybridized carbons (Fsp3) is 0.448. The zero-order valence-electron chi connectivity index (χ0n) is 24.7. The van der Waals surface area contributed by atoms with Gasteiger partial charge in [0.15, 0.2) is 6.10 Å². The molecule has 0 radical (unpaired) electrons. The number of carbonyl (C=O) groups excluding carboxylic acids is 5. The summed E-state index contributed by atoms with van der Waals surface area (Å²) in [6, 6.07) is 4.33. The van der Waals surface area contributed by atoms with Crippen LogP contribution in [0.15, 0.2) is 36.4 Å². The van der Waals surface area contributed by atoms with E-state index in [0.717, 1.165) is 17.1 Å². The summed E-state index contributed by atoms with van der Waals surface area (Å²) in [7, 11) is 0. The van der Waals surface area contributed by atoms with Crippen molar-refractivity contribution in [1.29, 1.82) is 0 Å². The molecule has 3 rings (SSSR count). The maximum absolute atomic E-state index is 12.8. The number of carboxylic acid groups (broad SMARTS) is 1. The predicted octanol–water partition coefficient (Wildman–Crippen LogP) is -1.07. The summed E-state index contributed by atoms with van der Waals surface area (Å²) in [5, 5.41) is 44.7. The highest BCUT2D eigenvalue weighted by molar-refractivity contribution is 6.14. The summed E-state index contributed by atoms with van der Waals surface area (Å²) in [4.78, 5) is 72.3. The van der Waals surface area contributed by atoms with E-state index < -0.39 is 78.2 Å². The molecule has 5 atom stereocenters. The van der Waals surface area contributed by atoms with Gasteiger partial charge in [0.2, 0.25) is 18.1 Å². The van der Waals surface area contributed by atoms with Gasteiger partial charge in [0.25, 0.3) is 11.8 Å². The van der Waals surface area contributed by atoms with Gasteiger partial charge < -0.3 is 45.3 Å². The van der Waals surface area contributed by atoms with Gasteiger partial charge in [-0.1, -0.05) is 12.1 Å². The minimum atomic E-state index is -1.94. The second kappa shape index (κ2) is 14.9. The predicted molar refractivity (Wildman–Crippen MR) is 153 cm³/mol. The average Bonchev–Trinajstić information content (AvgIpc) is 3.27. The van der Waals surface area contributed by atoms with Gasteiger partial charge in [-0.2, -0.15) is 0 Å². The number of benzene rings is 1. The van der Waals surface area contributed by atoms with E-state index >= 15 is 0 Å². The third kappa shape index (κ3) is 9.42. The number of aliphatic hydroxyl groups excluding tert-OH is 3. The van der Waals surface area contributed by atoms with E-state index in [1.807, 2.05) is 0 Å². The molecule has 0 spiro atoms. The van der Waals surface area contributed by atoms with E-state index in [1.54, 1.807) is 32.9 Å². The number of hydrogen-bond donors (Lipinski definition) is 6. The quantitative estimate of drug-likeness (QED) is 0.119. The van der Waals surface area contributed by atoms with Crippen LogP contribution in [0, 0.1) is 5.41 Å². The molecule has 0 bridgehead atoms. The molecule has 16 nitrogen and oxygen atoms in total. The van der Waals surface area contributed by atoms with Crippen molar-refractivity contribution < 1.29 is 63.4 Å². The number of amides is 4. The Hall–Kier alpha value is -4.64. The second-order valence-electron chi connectivity index (χ2n) is 11.1. The molecule has 0 aliphatic carbocycles. The number of ether oxygens (including phenoxy) is 3. The highest BCUT2D eigenvalue weighted by Gasteiger charge is 2.48. The molecule has 45 heavy (non-hydrogen) atoms. The smallest absolute Gasteiger partial charge is 0.335 e. The SMILES string of the molecule is CC(C)(C)C(=O)OC/C=C/c1ccc(O[C@@H]2O[C@H](C(=O)O)[C@H](O)[C@H](O)[C@@H]2O)c(NC(=O)CCNC(=O)CN2C(=O)C=CC2=O)c1. The Labute approximate surface area is 257 Å². The highest BCUT2D eigenvalue weighted by Crippen LogP contribution is 2.31. The molecule has 16 heteroatoms. The summed E-state index contributed by atoms with van der Waals surface area (Å²) in [5.74, 6) is -4.70. The molecule has 1 aromatic carbocycles. The van der Waals surface area contributed by atoms with Crippen LogP contribution in [0.2, 0.25) is 0 Å². The van der Waals surface area contributed by atoms with E-state index in [1.165, 1.54) is 18.2 Å². The first kappa shape index (κ1) is 34.8. The molecule has 4 amide bonds. The van der Waals surface area contributed by atoms with Crippen molar-refractivity contribution in [2.45, 2.75) is 57.9 Å². The normalized spacial score (nSPS) is 23.2. The van der Waals surface area contributed by atoms with Gasteiger partial charge in [0.1, 0.15) is 37.2 Å². The van der Waals surface area contributed by atoms with E-state index in [4.69, 9.17) is 14.2 Å².